The third kappa shape index (κ3) is 4.29. The second kappa shape index (κ2) is 7.19. The minimum Gasteiger partial charge on any atom is -0.317 e. The lowest BCUT2D eigenvalue weighted by molar-refractivity contribution is 0.162. The van der Waals surface area contributed by atoms with Crippen molar-refractivity contribution >= 4 is 0 Å². The van der Waals surface area contributed by atoms with Crippen LogP contribution >= 0.6 is 0 Å². The highest BCUT2D eigenvalue weighted by Crippen LogP contribution is 2.29. The molecule has 2 nitrogen and oxygen atoms in total. The van der Waals surface area contributed by atoms with Crippen LogP contribution in [0.3, 0.4) is 0 Å². The highest BCUT2D eigenvalue weighted by Gasteiger charge is 2.28. The molecule has 2 rings (SSSR count). The number of hydrogen-bond acceptors (Lipinski definition) is 2. The van der Waals surface area contributed by atoms with E-state index in [1.807, 2.05) is 6.07 Å². The molecule has 1 aliphatic rings. The number of rotatable bonds is 5. The molecule has 1 aliphatic carbocycles. The van der Waals surface area contributed by atoms with Crippen molar-refractivity contribution in [3.63, 3.8) is 0 Å². The van der Waals surface area contributed by atoms with Crippen LogP contribution in [0.5, 0.6) is 0 Å². The highest BCUT2D eigenvalue weighted by atomic mass is 19.1. The molecule has 0 saturated heterocycles. The summed E-state index contributed by atoms with van der Waals surface area (Å²) in [5, 5.41) is 3.47. The summed E-state index contributed by atoms with van der Waals surface area (Å²) in [5.41, 5.74) is 1.05. The zero-order valence-corrected chi connectivity index (χ0v) is 12.9. The zero-order valence-electron chi connectivity index (χ0n) is 12.9. The molecule has 1 aromatic rings. The van der Waals surface area contributed by atoms with Crippen molar-refractivity contribution < 1.29 is 4.39 Å². The molecule has 3 unspecified atom stereocenters. The molecule has 0 bridgehead atoms. The van der Waals surface area contributed by atoms with Gasteiger partial charge in [-0.3, -0.25) is 0 Å². The Kier molecular flexibility index (Phi) is 5.55. The molecule has 0 aromatic heterocycles. The zero-order chi connectivity index (χ0) is 14.5. The normalized spacial score (nSPS) is 26.9. The van der Waals surface area contributed by atoms with Crippen molar-refractivity contribution in [2.75, 3.05) is 20.6 Å². The Balaban J connectivity index is 1.90. The quantitative estimate of drug-likeness (QED) is 0.889. The highest BCUT2D eigenvalue weighted by molar-refractivity contribution is 5.16. The molecule has 1 aromatic carbocycles. The maximum absolute atomic E-state index is 13.2. The molecule has 20 heavy (non-hydrogen) atoms. The fourth-order valence-electron chi connectivity index (χ4n) is 3.49. The molecule has 112 valence electrons. The van der Waals surface area contributed by atoms with Gasteiger partial charge in [0.2, 0.25) is 0 Å². The van der Waals surface area contributed by atoms with Gasteiger partial charge < -0.3 is 10.2 Å². The van der Waals surface area contributed by atoms with Gasteiger partial charge in [0, 0.05) is 19.1 Å². The Morgan fingerprint density at radius 1 is 1.35 bits per heavy atom. The van der Waals surface area contributed by atoms with Gasteiger partial charge in [-0.25, -0.2) is 4.39 Å². The lowest BCUT2D eigenvalue weighted by Crippen LogP contribution is -2.43. The third-order valence-electron chi connectivity index (χ3n) is 4.50. The lowest BCUT2D eigenvalue weighted by Gasteiger charge is -2.37. The van der Waals surface area contributed by atoms with Crippen molar-refractivity contribution in [1.82, 2.24) is 10.2 Å². The largest absolute Gasteiger partial charge is 0.317 e. The minimum atomic E-state index is -0.143. The van der Waals surface area contributed by atoms with Crippen molar-refractivity contribution in [2.24, 2.45) is 11.8 Å². The summed E-state index contributed by atoms with van der Waals surface area (Å²) in [7, 11) is 4.21. The van der Waals surface area contributed by atoms with E-state index < -0.39 is 0 Å². The Bertz CT molecular complexity index is 421. The van der Waals surface area contributed by atoms with E-state index in [1.165, 1.54) is 25.3 Å². The first-order valence-electron chi connectivity index (χ1n) is 7.68. The summed E-state index contributed by atoms with van der Waals surface area (Å²) >= 11 is 0. The van der Waals surface area contributed by atoms with E-state index in [0.717, 1.165) is 24.6 Å². The van der Waals surface area contributed by atoms with Crippen molar-refractivity contribution in [3.05, 3.63) is 35.6 Å². The Morgan fingerprint density at radius 3 is 2.85 bits per heavy atom. The van der Waals surface area contributed by atoms with Gasteiger partial charge in [0.05, 0.1) is 0 Å². The first-order chi connectivity index (χ1) is 9.58. The molecule has 1 N–H and O–H groups in total. The van der Waals surface area contributed by atoms with Crippen LogP contribution < -0.4 is 5.32 Å². The van der Waals surface area contributed by atoms with Crippen molar-refractivity contribution in [1.29, 1.82) is 0 Å². The summed E-state index contributed by atoms with van der Waals surface area (Å²) in [6.45, 7) is 4.25. The van der Waals surface area contributed by atoms with Crippen LogP contribution in [0.1, 0.15) is 31.7 Å². The molecule has 0 aliphatic heterocycles. The van der Waals surface area contributed by atoms with Crippen LogP contribution in [0, 0.1) is 17.7 Å². The fourth-order valence-corrected chi connectivity index (χ4v) is 3.49. The van der Waals surface area contributed by atoms with E-state index in [-0.39, 0.29) is 5.82 Å². The fraction of sp³-hybridized carbons (Fsp3) is 0.647. The molecule has 1 fully saturated rings. The van der Waals surface area contributed by atoms with Crippen molar-refractivity contribution in [2.45, 2.75) is 38.8 Å². The summed E-state index contributed by atoms with van der Waals surface area (Å²) in [4.78, 5) is 2.32. The number of benzene rings is 1. The van der Waals surface area contributed by atoms with Crippen LogP contribution in [0.4, 0.5) is 4.39 Å². The van der Waals surface area contributed by atoms with E-state index in [2.05, 4.69) is 31.2 Å². The van der Waals surface area contributed by atoms with Gasteiger partial charge in [0.25, 0.3) is 0 Å². The Hall–Kier alpha value is -0.930. The topological polar surface area (TPSA) is 15.3 Å². The standard InChI is InChI=1S/C17H27FN2/c1-13-7-8-17(19-2)15(9-13)12-20(3)11-14-5-4-6-16(18)10-14/h4-6,10,13,15,17,19H,7-9,11-12H2,1-3H3. The summed E-state index contributed by atoms with van der Waals surface area (Å²) in [5.74, 6) is 1.38. The first-order valence-corrected chi connectivity index (χ1v) is 7.68. The van der Waals surface area contributed by atoms with Gasteiger partial charge in [-0.1, -0.05) is 19.1 Å². The maximum Gasteiger partial charge on any atom is 0.123 e. The molecular formula is C17H27FN2. The minimum absolute atomic E-state index is 0.143. The first kappa shape index (κ1) is 15.5. The van der Waals surface area contributed by atoms with Gasteiger partial charge in [-0.15, -0.1) is 0 Å². The number of halogens is 1. The van der Waals surface area contributed by atoms with Gasteiger partial charge in [0.15, 0.2) is 0 Å². The molecule has 3 atom stereocenters. The van der Waals surface area contributed by atoms with Crippen LogP contribution in [0.15, 0.2) is 24.3 Å². The molecule has 0 heterocycles. The monoisotopic (exact) mass is 278 g/mol. The van der Waals surface area contributed by atoms with E-state index in [1.54, 1.807) is 12.1 Å². The molecule has 0 spiro atoms. The molecule has 1 saturated carbocycles. The summed E-state index contributed by atoms with van der Waals surface area (Å²) in [6.07, 6.45) is 3.89. The third-order valence-corrected chi connectivity index (χ3v) is 4.50. The SMILES string of the molecule is CNC1CCC(C)CC1CN(C)Cc1cccc(F)c1. The van der Waals surface area contributed by atoms with Crippen LogP contribution in [-0.2, 0) is 6.54 Å². The van der Waals surface area contributed by atoms with Crippen LogP contribution in [-0.4, -0.2) is 31.6 Å². The van der Waals surface area contributed by atoms with E-state index in [0.29, 0.717) is 12.0 Å². The van der Waals surface area contributed by atoms with E-state index in [4.69, 9.17) is 0 Å². The van der Waals surface area contributed by atoms with Crippen molar-refractivity contribution in [3.8, 4) is 0 Å². The Morgan fingerprint density at radius 2 is 2.15 bits per heavy atom. The molecule has 3 heteroatoms. The van der Waals surface area contributed by atoms with Gasteiger partial charge in [0.1, 0.15) is 5.82 Å². The number of hydrogen-bond donors (Lipinski definition) is 1. The lowest BCUT2D eigenvalue weighted by atomic mass is 9.78. The molecule has 0 radical (unpaired) electrons. The number of nitrogens with zero attached hydrogens (tertiary/aromatic N) is 1. The molecule has 0 amide bonds. The smallest absolute Gasteiger partial charge is 0.123 e. The van der Waals surface area contributed by atoms with Gasteiger partial charge in [-0.05, 0) is 62.9 Å². The second-order valence-electron chi connectivity index (χ2n) is 6.40. The maximum atomic E-state index is 13.2. The predicted molar refractivity (Wildman–Crippen MR) is 82.1 cm³/mol. The average Bonchev–Trinajstić information content (AvgIpc) is 2.38. The van der Waals surface area contributed by atoms with E-state index >= 15 is 0 Å². The van der Waals surface area contributed by atoms with Gasteiger partial charge in [-0.2, -0.15) is 0 Å². The summed E-state index contributed by atoms with van der Waals surface area (Å²) < 4.78 is 13.2. The number of nitrogens with one attached hydrogen (secondary N) is 1. The predicted octanol–water partition coefficient (Wildman–Crippen LogP) is 3.28. The Labute approximate surface area is 122 Å². The van der Waals surface area contributed by atoms with Gasteiger partial charge >= 0.3 is 0 Å². The summed E-state index contributed by atoms with van der Waals surface area (Å²) in [6, 6.07) is 7.55. The van der Waals surface area contributed by atoms with E-state index in [9.17, 15) is 4.39 Å². The molecular weight excluding hydrogens is 251 g/mol. The van der Waals surface area contributed by atoms with Crippen LogP contribution in [0.2, 0.25) is 0 Å². The van der Waals surface area contributed by atoms with Crippen LogP contribution in [0.25, 0.3) is 0 Å². The average molecular weight is 278 g/mol. The second-order valence-corrected chi connectivity index (χ2v) is 6.40.